The SMILES string of the molecule is C=CCC1Cc2c(Br)cc(Br)c(Br)c2C(CC=C)N1. The van der Waals surface area contributed by atoms with E-state index in [1.165, 1.54) is 15.6 Å². The molecular weight excluding hydrogens is 434 g/mol. The lowest BCUT2D eigenvalue weighted by Gasteiger charge is -2.34. The minimum absolute atomic E-state index is 0.300. The molecule has 0 saturated heterocycles. The highest BCUT2D eigenvalue weighted by Crippen LogP contribution is 2.42. The average Bonchev–Trinajstić information content (AvgIpc) is 2.36. The fourth-order valence-corrected chi connectivity index (χ4v) is 4.58. The predicted octanol–water partition coefficient (Wildman–Crippen LogP) is 5.68. The van der Waals surface area contributed by atoms with Gasteiger partial charge < -0.3 is 5.32 Å². The van der Waals surface area contributed by atoms with E-state index in [-0.39, 0.29) is 0 Å². The van der Waals surface area contributed by atoms with Gasteiger partial charge in [0.15, 0.2) is 0 Å². The molecule has 0 amide bonds. The van der Waals surface area contributed by atoms with Crippen molar-refractivity contribution >= 4 is 47.8 Å². The fraction of sp³-hybridized carbons (Fsp3) is 0.333. The van der Waals surface area contributed by atoms with Crippen molar-refractivity contribution in [3.05, 3.63) is 55.9 Å². The molecule has 19 heavy (non-hydrogen) atoms. The van der Waals surface area contributed by atoms with Crippen LogP contribution < -0.4 is 5.32 Å². The molecule has 1 aromatic rings. The summed E-state index contributed by atoms with van der Waals surface area (Å²) < 4.78 is 3.39. The van der Waals surface area contributed by atoms with Crippen LogP contribution in [0.2, 0.25) is 0 Å². The lowest BCUT2D eigenvalue weighted by atomic mass is 9.87. The fourth-order valence-electron chi connectivity index (χ4n) is 2.60. The molecule has 1 aliphatic heterocycles. The zero-order valence-electron chi connectivity index (χ0n) is 10.6. The summed E-state index contributed by atoms with van der Waals surface area (Å²) >= 11 is 11.0. The molecule has 2 unspecified atom stereocenters. The second-order valence-corrected chi connectivity index (χ2v) is 7.22. The first-order valence-electron chi connectivity index (χ1n) is 6.22. The van der Waals surface area contributed by atoms with E-state index in [0.717, 1.165) is 28.2 Å². The van der Waals surface area contributed by atoms with Crippen LogP contribution in [0.25, 0.3) is 0 Å². The van der Waals surface area contributed by atoms with Crippen molar-refractivity contribution in [3.8, 4) is 0 Å². The van der Waals surface area contributed by atoms with E-state index in [9.17, 15) is 0 Å². The zero-order valence-corrected chi connectivity index (χ0v) is 15.3. The standard InChI is InChI=1S/C15H16Br3N/c1-3-5-9-7-10-11(16)8-12(17)15(18)14(10)13(19-9)6-4-2/h3-4,8-9,13,19H,1-2,5-7H2. The molecule has 0 spiro atoms. The predicted molar refractivity (Wildman–Crippen MR) is 92.5 cm³/mol. The van der Waals surface area contributed by atoms with Gasteiger partial charge >= 0.3 is 0 Å². The van der Waals surface area contributed by atoms with E-state index < -0.39 is 0 Å². The minimum atomic E-state index is 0.300. The lowest BCUT2D eigenvalue weighted by molar-refractivity contribution is 0.403. The number of nitrogens with one attached hydrogen (secondary N) is 1. The third kappa shape index (κ3) is 3.23. The molecule has 1 N–H and O–H groups in total. The molecule has 1 nitrogen and oxygen atoms in total. The highest BCUT2D eigenvalue weighted by molar-refractivity contribution is 9.13. The maximum Gasteiger partial charge on any atom is 0.0372 e. The molecule has 4 heteroatoms. The van der Waals surface area contributed by atoms with Crippen molar-refractivity contribution in [2.75, 3.05) is 0 Å². The molecule has 2 atom stereocenters. The Balaban J connectivity index is 2.50. The van der Waals surface area contributed by atoms with Gasteiger partial charge in [0.05, 0.1) is 0 Å². The Bertz CT molecular complexity index is 511. The van der Waals surface area contributed by atoms with Crippen molar-refractivity contribution in [2.45, 2.75) is 31.3 Å². The van der Waals surface area contributed by atoms with Crippen molar-refractivity contribution in [1.29, 1.82) is 0 Å². The van der Waals surface area contributed by atoms with Gasteiger partial charge in [-0.25, -0.2) is 0 Å². The van der Waals surface area contributed by atoms with Crippen LogP contribution in [-0.4, -0.2) is 6.04 Å². The first-order chi connectivity index (χ1) is 9.08. The highest BCUT2D eigenvalue weighted by atomic mass is 79.9. The van der Waals surface area contributed by atoms with Gasteiger partial charge in [0.2, 0.25) is 0 Å². The molecule has 0 saturated carbocycles. The largest absolute Gasteiger partial charge is 0.306 e. The van der Waals surface area contributed by atoms with Crippen molar-refractivity contribution in [3.63, 3.8) is 0 Å². The second-order valence-electron chi connectivity index (χ2n) is 4.72. The maximum absolute atomic E-state index is 3.87. The summed E-state index contributed by atoms with van der Waals surface area (Å²) in [4.78, 5) is 0. The molecule has 0 radical (unpaired) electrons. The molecule has 102 valence electrons. The molecule has 2 rings (SSSR count). The van der Waals surface area contributed by atoms with Gasteiger partial charge in [-0.2, -0.15) is 0 Å². The molecule has 0 bridgehead atoms. The zero-order chi connectivity index (χ0) is 14.0. The summed E-state index contributed by atoms with van der Waals surface area (Å²) in [6, 6.07) is 2.86. The van der Waals surface area contributed by atoms with Gasteiger partial charge in [-0.1, -0.05) is 28.1 Å². The summed E-state index contributed by atoms with van der Waals surface area (Å²) in [6.07, 6.45) is 6.87. The van der Waals surface area contributed by atoms with E-state index in [2.05, 4.69) is 72.3 Å². The van der Waals surface area contributed by atoms with Crippen molar-refractivity contribution < 1.29 is 0 Å². The van der Waals surface area contributed by atoms with Gasteiger partial charge in [0, 0.05) is 25.5 Å². The Labute approximate surface area is 139 Å². The molecule has 1 aromatic carbocycles. The molecule has 0 fully saturated rings. The Morgan fingerprint density at radius 2 is 1.84 bits per heavy atom. The normalized spacial score (nSPS) is 21.8. The van der Waals surface area contributed by atoms with Crippen LogP contribution in [0.4, 0.5) is 0 Å². The summed E-state index contributed by atoms with van der Waals surface area (Å²) in [5.74, 6) is 0. The van der Waals surface area contributed by atoms with E-state index in [4.69, 9.17) is 0 Å². The minimum Gasteiger partial charge on any atom is -0.306 e. The van der Waals surface area contributed by atoms with Crippen molar-refractivity contribution in [2.24, 2.45) is 0 Å². The number of rotatable bonds is 4. The van der Waals surface area contributed by atoms with E-state index in [0.29, 0.717) is 12.1 Å². The van der Waals surface area contributed by atoms with Crippen molar-refractivity contribution in [1.82, 2.24) is 5.32 Å². The van der Waals surface area contributed by atoms with Gasteiger partial charge in [-0.15, -0.1) is 13.2 Å². The molecular formula is C15H16Br3N. The van der Waals surface area contributed by atoms with Crippen LogP contribution in [0.3, 0.4) is 0 Å². The van der Waals surface area contributed by atoms with Crippen LogP contribution in [0, 0.1) is 0 Å². The smallest absolute Gasteiger partial charge is 0.0372 e. The van der Waals surface area contributed by atoms with Gasteiger partial charge in [-0.3, -0.25) is 0 Å². The van der Waals surface area contributed by atoms with E-state index in [1.807, 2.05) is 12.2 Å². The quantitative estimate of drug-likeness (QED) is 0.460. The Kier molecular flexibility index (Phi) is 5.46. The number of fused-ring (bicyclic) bond motifs is 1. The Morgan fingerprint density at radius 3 is 2.47 bits per heavy atom. The number of hydrogen-bond acceptors (Lipinski definition) is 1. The second kappa shape index (κ2) is 6.70. The highest BCUT2D eigenvalue weighted by Gasteiger charge is 2.29. The van der Waals surface area contributed by atoms with Gasteiger partial charge in [-0.05, 0) is 68.3 Å². The van der Waals surface area contributed by atoms with Gasteiger partial charge in [0.1, 0.15) is 0 Å². The molecule has 0 aromatic heterocycles. The van der Waals surface area contributed by atoms with Gasteiger partial charge in [0.25, 0.3) is 0 Å². The van der Waals surface area contributed by atoms with Crippen LogP contribution in [0.15, 0.2) is 44.8 Å². The maximum atomic E-state index is 3.87. The molecule has 1 aliphatic rings. The number of benzene rings is 1. The third-order valence-corrected chi connectivity index (χ3v) is 6.12. The first kappa shape index (κ1) is 15.5. The van der Waals surface area contributed by atoms with E-state index in [1.54, 1.807) is 0 Å². The monoisotopic (exact) mass is 447 g/mol. The summed E-state index contributed by atoms with van der Waals surface area (Å²) in [5.41, 5.74) is 2.72. The van der Waals surface area contributed by atoms with E-state index >= 15 is 0 Å². The summed E-state index contributed by atoms with van der Waals surface area (Å²) in [5, 5.41) is 3.69. The van der Waals surface area contributed by atoms with Crippen LogP contribution in [0.5, 0.6) is 0 Å². The Hall–Kier alpha value is 0.1000. The van der Waals surface area contributed by atoms with Crippen LogP contribution in [-0.2, 0) is 6.42 Å². The first-order valence-corrected chi connectivity index (χ1v) is 8.60. The lowest BCUT2D eigenvalue weighted by Crippen LogP contribution is -2.39. The summed E-state index contributed by atoms with van der Waals surface area (Å²) in [6.45, 7) is 7.72. The number of hydrogen-bond donors (Lipinski definition) is 1. The molecule has 1 heterocycles. The number of halogens is 3. The average molecular weight is 450 g/mol. The van der Waals surface area contributed by atoms with Crippen LogP contribution >= 0.6 is 47.8 Å². The topological polar surface area (TPSA) is 12.0 Å². The van der Waals surface area contributed by atoms with Crippen LogP contribution in [0.1, 0.15) is 30.0 Å². The Morgan fingerprint density at radius 1 is 1.16 bits per heavy atom. The molecule has 0 aliphatic carbocycles. The third-order valence-electron chi connectivity index (χ3n) is 3.40. The summed E-state index contributed by atoms with van der Waals surface area (Å²) in [7, 11) is 0.